The number of alkyl halides is 3. The van der Waals surface area contributed by atoms with Gasteiger partial charge in [-0.3, -0.25) is 0 Å². The summed E-state index contributed by atoms with van der Waals surface area (Å²) in [5, 5.41) is 14.0. The van der Waals surface area contributed by atoms with Gasteiger partial charge >= 0.3 is 6.18 Å². The van der Waals surface area contributed by atoms with Crippen LogP contribution in [0.4, 0.5) is 19.0 Å². The summed E-state index contributed by atoms with van der Waals surface area (Å²) in [5.74, 6) is 0.675. The van der Waals surface area contributed by atoms with Crippen molar-refractivity contribution >= 4 is 34.3 Å². The number of benzene rings is 1. The van der Waals surface area contributed by atoms with Crippen LogP contribution in [-0.2, 0) is 6.18 Å². The zero-order chi connectivity index (χ0) is 19.7. The van der Waals surface area contributed by atoms with Crippen molar-refractivity contribution in [1.29, 1.82) is 0 Å². The van der Waals surface area contributed by atoms with Crippen LogP contribution in [0.5, 0.6) is 0 Å². The predicted molar refractivity (Wildman–Crippen MR) is 101 cm³/mol. The molecule has 146 valence electrons. The van der Waals surface area contributed by atoms with Crippen molar-refractivity contribution in [2.24, 2.45) is 0 Å². The first-order valence-electron chi connectivity index (χ1n) is 8.45. The summed E-state index contributed by atoms with van der Waals surface area (Å²) in [6.45, 7) is 0. The number of anilines is 1. The molecule has 2 N–H and O–H groups in total. The maximum atomic E-state index is 13.1. The molecule has 28 heavy (non-hydrogen) atoms. The number of imidazole rings is 1. The highest BCUT2D eigenvalue weighted by molar-refractivity contribution is 7.98. The first-order chi connectivity index (χ1) is 13.5. The second kappa shape index (κ2) is 7.30. The van der Waals surface area contributed by atoms with Crippen molar-refractivity contribution in [3.8, 4) is 0 Å². The summed E-state index contributed by atoms with van der Waals surface area (Å²) in [4.78, 5) is 7.88. The van der Waals surface area contributed by atoms with Gasteiger partial charge in [-0.2, -0.15) is 29.4 Å². The van der Waals surface area contributed by atoms with Crippen LogP contribution in [0.1, 0.15) is 24.1 Å². The standard InChI is InChI=1S/C17H16F3N7S/c1-28-9-8-12(15-22-10-4-2-3-5-11(10)23-15)21-13-6-7-14-24-25-16(17(18,19)20)27(14)26-13/h2-7,12H,8-9H2,1H3,(H,21,26)(H,22,23). The van der Waals surface area contributed by atoms with Crippen LogP contribution < -0.4 is 5.32 Å². The highest BCUT2D eigenvalue weighted by Gasteiger charge is 2.37. The Bertz CT molecular complexity index is 1070. The molecule has 1 atom stereocenters. The lowest BCUT2D eigenvalue weighted by atomic mass is 10.2. The number of hydrogen-bond donors (Lipinski definition) is 2. The lowest BCUT2D eigenvalue weighted by Gasteiger charge is -2.17. The van der Waals surface area contributed by atoms with Gasteiger partial charge in [0.25, 0.3) is 5.82 Å². The Hall–Kier alpha value is -2.82. The first-order valence-corrected chi connectivity index (χ1v) is 9.85. The molecule has 0 radical (unpaired) electrons. The number of para-hydroxylation sites is 2. The molecule has 0 fully saturated rings. The maximum Gasteiger partial charge on any atom is 0.453 e. The van der Waals surface area contributed by atoms with Crippen LogP contribution in [0.15, 0.2) is 36.4 Å². The fourth-order valence-electron chi connectivity index (χ4n) is 2.87. The third-order valence-electron chi connectivity index (χ3n) is 4.19. The Morgan fingerprint density at radius 1 is 1.18 bits per heavy atom. The SMILES string of the molecule is CSCCC(Nc1ccc2nnc(C(F)(F)F)n2n1)c1nc2ccccc2[nH]1. The van der Waals surface area contributed by atoms with Crippen molar-refractivity contribution in [2.45, 2.75) is 18.6 Å². The number of rotatable bonds is 6. The number of aromatic nitrogens is 6. The zero-order valence-electron chi connectivity index (χ0n) is 14.7. The van der Waals surface area contributed by atoms with E-state index in [1.165, 1.54) is 6.07 Å². The summed E-state index contributed by atoms with van der Waals surface area (Å²) in [7, 11) is 0. The van der Waals surface area contributed by atoms with E-state index in [4.69, 9.17) is 0 Å². The van der Waals surface area contributed by atoms with Gasteiger partial charge in [-0.15, -0.1) is 15.3 Å². The van der Waals surface area contributed by atoms with Gasteiger partial charge in [0.05, 0.1) is 17.1 Å². The highest BCUT2D eigenvalue weighted by atomic mass is 32.2. The van der Waals surface area contributed by atoms with E-state index in [0.29, 0.717) is 10.3 Å². The summed E-state index contributed by atoms with van der Waals surface area (Å²) in [6.07, 6.45) is -1.93. The Labute approximate surface area is 161 Å². The van der Waals surface area contributed by atoms with Crippen LogP contribution in [-0.4, -0.2) is 41.8 Å². The van der Waals surface area contributed by atoms with Gasteiger partial charge in [0.2, 0.25) is 0 Å². The molecule has 4 aromatic rings. The molecule has 0 aliphatic rings. The molecule has 0 spiro atoms. The van der Waals surface area contributed by atoms with Crippen molar-refractivity contribution in [3.63, 3.8) is 0 Å². The third kappa shape index (κ3) is 3.61. The molecule has 0 amide bonds. The lowest BCUT2D eigenvalue weighted by molar-refractivity contribution is -0.146. The Balaban J connectivity index is 1.68. The average Bonchev–Trinajstić information content (AvgIpc) is 3.28. The average molecular weight is 407 g/mol. The molecule has 4 rings (SSSR count). The Kier molecular flexibility index (Phi) is 4.84. The summed E-state index contributed by atoms with van der Waals surface area (Å²) in [6, 6.07) is 10.4. The molecule has 1 aromatic carbocycles. The number of aromatic amines is 1. The monoisotopic (exact) mass is 407 g/mol. The maximum absolute atomic E-state index is 13.1. The molecule has 1 unspecified atom stereocenters. The molecular weight excluding hydrogens is 391 g/mol. The second-order valence-corrected chi connectivity index (χ2v) is 7.11. The van der Waals surface area contributed by atoms with Crippen molar-refractivity contribution in [2.75, 3.05) is 17.3 Å². The highest BCUT2D eigenvalue weighted by Crippen LogP contribution is 2.28. The van der Waals surface area contributed by atoms with E-state index in [9.17, 15) is 13.2 Å². The van der Waals surface area contributed by atoms with E-state index in [1.54, 1.807) is 17.8 Å². The smallest absolute Gasteiger partial charge is 0.359 e. The van der Waals surface area contributed by atoms with E-state index >= 15 is 0 Å². The van der Waals surface area contributed by atoms with Crippen LogP contribution in [0.3, 0.4) is 0 Å². The van der Waals surface area contributed by atoms with Gasteiger partial charge in [0.1, 0.15) is 11.6 Å². The quantitative estimate of drug-likeness (QED) is 0.504. The van der Waals surface area contributed by atoms with Gasteiger partial charge in [-0.1, -0.05) is 12.1 Å². The lowest BCUT2D eigenvalue weighted by Crippen LogP contribution is -2.17. The molecule has 7 nitrogen and oxygen atoms in total. The van der Waals surface area contributed by atoms with Gasteiger partial charge in [-0.05, 0) is 42.7 Å². The number of H-pyrrole nitrogens is 1. The predicted octanol–water partition coefficient (Wildman–Crippen LogP) is 3.93. The molecule has 0 saturated heterocycles. The normalized spacial score (nSPS) is 13.3. The summed E-state index contributed by atoms with van der Waals surface area (Å²) in [5.41, 5.74) is 1.76. The van der Waals surface area contributed by atoms with Gasteiger partial charge in [0, 0.05) is 0 Å². The van der Waals surface area contributed by atoms with Crippen molar-refractivity contribution in [3.05, 3.63) is 48.0 Å². The van der Waals surface area contributed by atoms with E-state index in [1.807, 2.05) is 30.5 Å². The van der Waals surface area contributed by atoms with Gasteiger partial charge < -0.3 is 10.3 Å². The van der Waals surface area contributed by atoms with E-state index < -0.39 is 12.0 Å². The van der Waals surface area contributed by atoms with Crippen LogP contribution >= 0.6 is 11.8 Å². The molecule has 0 aliphatic carbocycles. The number of hydrogen-bond acceptors (Lipinski definition) is 6. The van der Waals surface area contributed by atoms with Crippen molar-refractivity contribution in [1.82, 2.24) is 29.8 Å². The minimum atomic E-state index is -4.64. The number of fused-ring (bicyclic) bond motifs is 2. The van der Waals surface area contributed by atoms with Gasteiger partial charge in [0.15, 0.2) is 5.65 Å². The number of halogens is 3. The van der Waals surface area contributed by atoms with E-state index in [0.717, 1.165) is 23.2 Å². The summed E-state index contributed by atoms with van der Waals surface area (Å²) >= 11 is 1.68. The van der Waals surface area contributed by atoms with Gasteiger partial charge in [-0.25, -0.2) is 4.98 Å². The van der Waals surface area contributed by atoms with E-state index in [2.05, 4.69) is 30.6 Å². The third-order valence-corrected chi connectivity index (χ3v) is 4.83. The van der Waals surface area contributed by atoms with E-state index in [-0.39, 0.29) is 17.5 Å². The minimum absolute atomic E-state index is 0.0299. The Morgan fingerprint density at radius 3 is 2.75 bits per heavy atom. The topological polar surface area (TPSA) is 83.8 Å². The molecule has 0 bridgehead atoms. The molecule has 3 aromatic heterocycles. The summed E-state index contributed by atoms with van der Waals surface area (Å²) < 4.78 is 40.0. The molecular formula is C17H16F3N7S. The van der Waals surface area contributed by atoms with Crippen LogP contribution in [0, 0.1) is 0 Å². The molecule has 3 heterocycles. The minimum Gasteiger partial charge on any atom is -0.359 e. The largest absolute Gasteiger partial charge is 0.453 e. The van der Waals surface area contributed by atoms with Crippen LogP contribution in [0.2, 0.25) is 0 Å². The Morgan fingerprint density at radius 2 is 2.00 bits per heavy atom. The fourth-order valence-corrected chi connectivity index (χ4v) is 3.34. The number of nitrogens with zero attached hydrogens (tertiary/aromatic N) is 5. The molecule has 11 heteroatoms. The molecule has 0 aliphatic heterocycles. The van der Waals surface area contributed by atoms with Crippen LogP contribution in [0.25, 0.3) is 16.7 Å². The zero-order valence-corrected chi connectivity index (χ0v) is 15.6. The second-order valence-electron chi connectivity index (χ2n) is 6.13. The first kappa shape index (κ1) is 18.5. The number of nitrogens with one attached hydrogen (secondary N) is 2. The molecule has 0 saturated carbocycles. The number of thioether (sulfide) groups is 1. The van der Waals surface area contributed by atoms with Crippen molar-refractivity contribution < 1.29 is 13.2 Å². The fraction of sp³-hybridized carbons (Fsp3) is 0.294.